The fourth-order valence-corrected chi connectivity index (χ4v) is 4.15. The molecular weight excluding hydrogens is 312 g/mol. The molecule has 1 aromatic rings. The molecule has 2 fully saturated rings. The fourth-order valence-electron chi connectivity index (χ4n) is 4.15. The predicted molar refractivity (Wildman–Crippen MR) is 79.7 cm³/mol. The number of ether oxygens (including phenoxy) is 2. The molecule has 2 aliphatic heterocycles. The maximum Gasteiger partial charge on any atom is 0.321 e. The van der Waals surface area contributed by atoms with Crippen molar-refractivity contribution in [3.05, 3.63) is 34.9 Å². The molecule has 0 spiro atoms. The molecule has 0 aromatic heterocycles. The van der Waals surface area contributed by atoms with Gasteiger partial charge in [0, 0.05) is 0 Å². The molecule has 1 aliphatic carbocycles. The first-order valence-electron chi connectivity index (χ1n) is 8.12. The first-order chi connectivity index (χ1) is 11.5. The summed E-state index contributed by atoms with van der Waals surface area (Å²) in [6, 6.07) is 5.78. The molecular formula is C18H16O6. The highest BCUT2D eigenvalue weighted by atomic mass is 16.6. The van der Waals surface area contributed by atoms with Crippen LogP contribution in [0.2, 0.25) is 0 Å². The number of carbonyl (C=O) groups is 4. The van der Waals surface area contributed by atoms with E-state index >= 15 is 0 Å². The zero-order valence-corrected chi connectivity index (χ0v) is 13.1. The minimum atomic E-state index is -0.608. The highest BCUT2D eigenvalue weighted by Gasteiger charge is 2.53. The Hall–Kier alpha value is -2.50. The lowest BCUT2D eigenvalue weighted by molar-refractivity contribution is -0.155. The van der Waals surface area contributed by atoms with Crippen molar-refractivity contribution >= 4 is 23.9 Å². The number of hydrogen-bond donors (Lipinski definition) is 0. The second-order valence-corrected chi connectivity index (χ2v) is 6.59. The molecule has 4 unspecified atom stereocenters. The van der Waals surface area contributed by atoms with E-state index in [-0.39, 0.29) is 12.3 Å². The van der Waals surface area contributed by atoms with E-state index in [0.29, 0.717) is 6.42 Å². The van der Waals surface area contributed by atoms with Crippen LogP contribution in [-0.4, -0.2) is 23.9 Å². The quantitative estimate of drug-likeness (QED) is 0.605. The molecule has 0 amide bonds. The lowest BCUT2D eigenvalue weighted by atomic mass is 9.66. The van der Waals surface area contributed by atoms with Crippen LogP contribution in [0, 0.1) is 11.8 Å². The average Bonchev–Trinajstić information content (AvgIpc) is 3.04. The molecule has 0 radical (unpaired) electrons. The monoisotopic (exact) mass is 328 g/mol. The highest BCUT2D eigenvalue weighted by Crippen LogP contribution is 2.51. The van der Waals surface area contributed by atoms with Crippen LogP contribution in [0.5, 0.6) is 0 Å². The Morgan fingerprint density at radius 2 is 1.67 bits per heavy atom. The van der Waals surface area contributed by atoms with E-state index in [2.05, 4.69) is 4.74 Å². The van der Waals surface area contributed by atoms with Gasteiger partial charge >= 0.3 is 23.9 Å². The molecule has 2 heterocycles. The van der Waals surface area contributed by atoms with Crippen molar-refractivity contribution in [3.63, 3.8) is 0 Å². The average molecular weight is 328 g/mol. The summed E-state index contributed by atoms with van der Waals surface area (Å²) in [5.74, 6) is -4.27. The molecule has 0 saturated carbocycles. The number of aryl methyl sites for hydroxylation is 1. The van der Waals surface area contributed by atoms with E-state index in [0.717, 1.165) is 23.1 Å². The molecule has 4 rings (SSSR count). The van der Waals surface area contributed by atoms with Gasteiger partial charge in [-0.3, -0.25) is 19.2 Å². The summed E-state index contributed by atoms with van der Waals surface area (Å²) in [6.07, 6.45) is 1.13. The summed E-state index contributed by atoms with van der Waals surface area (Å²) in [5, 5.41) is 0. The third-order valence-corrected chi connectivity index (χ3v) is 5.35. The van der Waals surface area contributed by atoms with Gasteiger partial charge in [-0.05, 0) is 35.4 Å². The van der Waals surface area contributed by atoms with Crippen LogP contribution in [0.25, 0.3) is 0 Å². The highest BCUT2D eigenvalue weighted by molar-refractivity contribution is 6.01. The van der Waals surface area contributed by atoms with Crippen molar-refractivity contribution in [2.45, 2.75) is 38.0 Å². The number of carbonyl (C=O) groups excluding carboxylic acids is 4. The normalized spacial score (nSPS) is 31.5. The van der Waals surface area contributed by atoms with E-state index in [9.17, 15) is 19.2 Å². The van der Waals surface area contributed by atoms with Gasteiger partial charge in [-0.1, -0.05) is 25.1 Å². The minimum Gasteiger partial charge on any atom is -0.393 e. The molecule has 24 heavy (non-hydrogen) atoms. The Bertz CT molecular complexity index is 780. The van der Waals surface area contributed by atoms with Gasteiger partial charge in [0.2, 0.25) is 0 Å². The van der Waals surface area contributed by atoms with Gasteiger partial charge in [0.15, 0.2) is 0 Å². The van der Waals surface area contributed by atoms with Crippen molar-refractivity contribution in [2.75, 3.05) is 0 Å². The van der Waals surface area contributed by atoms with Crippen LogP contribution in [0.3, 0.4) is 0 Å². The number of rotatable bonds is 2. The molecule has 4 atom stereocenters. The van der Waals surface area contributed by atoms with Crippen LogP contribution in [-0.2, 0) is 35.1 Å². The zero-order valence-electron chi connectivity index (χ0n) is 13.1. The van der Waals surface area contributed by atoms with Gasteiger partial charge in [0.1, 0.15) is 0 Å². The van der Waals surface area contributed by atoms with E-state index < -0.39 is 41.6 Å². The SMILES string of the molecule is CCc1ccc2c(c1)C1C(=O)OC(=O)C1CC2C1CC(=O)OC1=O. The Balaban J connectivity index is 1.83. The third-order valence-electron chi connectivity index (χ3n) is 5.35. The van der Waals surface area contributed by atoms with Crippen LogP contribution in [0.4, 0.5) is 0 Å². The van der Waals surface area contributed by atoms with Crippen LogP contribution in [0.15, 0.2) is 18.2 Å². The van der Waals surface area contributed by atoms with E-state index in [1.807, 2.05) is 25.1 Å². The van der Waals surface area contributed by atoms with E-state index in [1.54, 1.807) is 0 Å². The molecule has 3 aliphatic rings. The van der Waals surface area contributed by atoms with Gasteiger partial charge in [-0.15, -0.1) is 0 Å². The lowest BCUT2D eigenvalue weighted by Crippen LogP contribution is -2.31. The molecule has 124 valence electrons. The van der Waals surface area contributed by atoms with Crippen molar-refractivity contribution < 1.29 is 28.7 Å². The van der Waals surface area contributed by atoms with Crippen LogP contribution < -0.4 is 0 Å². The molecule has 2 saturated heterocycles. The minimum absolute atomic E-state index is 0.0127. The number of hydrogen-bond acceptors (Lipinski definition) is 6. The number of benzene rings is 1. The summed E-state index contributed by atoms with van der Waals surface area (Å²) in [4.78, 5) is 47.7. The zero-order chi connectivity index (χ0) is 17.0. The van der Waals surface area contributed by atoms with Crippen LogP contribution >= 0.6 is 0 Å². The van der Waals surface area contributed by atoms with Gasteiger partial charge in [0.05, 0.1) is 24.2 Å². The number of cyclic esters (lactones) is 4. The Kier molecular flexibility index (Phi) is 3.30. The first-order valence-corrected chi connectivity index (χ1v) is 8.12. The number of esters is 4. The summed E-state index contributed by atoms with van der Waals surface area (Å²) in [6.45, 7) is 2.00. The summed E-state index contributed by atoms with van der Waals surface area (Å²) >= 11 is 0. The lowest BCUT2D eigenvalue weighted by Gasteiger charge is -2.33. The summed E-state index contributed by atoms with van der Waals surface area (Å²) in [5.41, 5.74) is 2.64. The smallest absolute Gasteiger partial charge is 0.321 e. The first kappa shape index (κ1) is 15.1. The van der Waals surface area contributed by atoms with Crippen molar-refractivity contribution in [1.29, 1.82) is 0 Å². The standard InChI is InChI=1S/C18H16O6/c1-2-8-3-4-9-10(12-7-14(19)23-16(12)20)6-13-15(11(9)5-8)18(22)24-17(13)21/h3-5,10,12-13,15H,2,6-7H2,1H3. The predicted octanol–water partition coefficient (Wildman–Crippen LogP) is 1.61. The second kappa shape index (κ2) is 5.26. The van der Waals surface area contributed by atoms with Gasteiger partial charge < -0.3 is 9.47 Å². The summed E-state index contributed by atoms with van der Waals surface area (Å²) in [7, 11) is 0. The molecule has 1 aromatic carbocycles. The van der Waals surface area contributed by atoms with E-state index in [4.69, 9.17) is 4.74 Å². The Morgan fingerprint density at radius 3 is 2.33 bits per heavy atom. The molecule has 6 heteroatoms. The van der Waals surface area contributed by atoms with Crippen molar-refractivity contribution in [2.24, 2.45) is 11.8 Å². The summed E-state index contributed by atoms with van der Waals surface area (Å²) < 4.78 is 9.52. The van der Waals surface area contributed by atoms with Gasteiger partial charge in [-0.25, -0.2) is 0 Å². The Morgan fingerprint density at radius 1 is 0.917 bits per heavy atom. The van der Waals surface area contributed by atoms with E-state index in [1.165, 1.54) is 0 Å². The topological polar surface area (TPSA) is 86.7 Å². The Labute approximate surface area is 138 Å². The van der Waals surface area contributed by atoms with Crippen LogP contribution in [0.1, 0.15) is 48.3 Å². The van der Waals surface area contributed by atoms with Gasteiger partial charge in [0.25, 0.3) is 0 Å². The third kappa shape index (κ3) is 2.09. The van der Waals surface area contributed by atoms with Crippen molar-refractivity contribution in [1.82, 2.24) is 0 Å². The molecule has 0 bridgehead atoms. The maximum atomic E-state index is 12.1. The van der Waals surface area contributed by atoms with Gasteiger partial charge in [-0.2, -0.15) is 0 Å². The molecule has 6 nitrogen and oxygen atoms in total. The van der Waals surface area contributed by atoms with Crippen molar-refractivity contribution in [3.8, 4) is 0 Å². The number of fused-ring (bicyclic) bond motifs is 3. The fraction of sp³-hybridized carbons (Fsp3) is 0.444. The second-order valence-electron chi connectivity index (χ2n) is 6.59. The maximum absolute atomic E-state index is 12.1. The molecule has 0 N–H and O–H groups in total. The largest absolute Gasteiger partial charge is 0.393 e.